The van der Waals surface area contributed by atoms with Crippen LogP contribution in [0.2, 0.25) is 0 Å². The Balaban J connectivity index is 2.11. The van der Waals surface area contributed by atoms with Crippen LogP contribution in [0.1, 0.15) is 32.5 Å². The van der Waals surface area contributed by atoms with Crippen LogP contribution >= 0.6 is 0 Å². The smallest absolute Gasteiger partial charge is 0.230 e. The molecule has 0 saturated carbocycles. The van der Waals surface area contributed by atoms with Crippen LogP contribution in [0.5, 0.6) is 0 Å². The fourth-order valence-electron chi connectivity index (χ4n) is 1.84. The maximum absolute atomic E-state index is 11.8. The minimum atomic E-state index is -0.230. The lowest BCUT2D eigenvalue weighted by Crippen LogP contribution is -2.45. The molecule has 0 unspecified atom stereocenters. The molecular weight excluding hydrogens is 208 g/mol. The van der Waals surface area contributed by atoms with E-state index in [4.69, 9.17) is 0 Å². The summed E-state index contributed by atoms with van der Waals surface area (Å²) in [6.45, 7) is 4.04. The van der Waals surface area contributed by atoms with E-state index >= 15 is 0 Å². The Morgan fingerprint density at radius 3 is 2.50 bits per heavy atom. The third-order valence-corrected chi connectivity index (χ3v) is 2.63. The first-order chi connectivity index (χ1) is 7.48. The summed E-state index contributed by atoms with van der Waals surface area (Å²) in [6.07, 6.45) is 2.15. The number of hydrogen-bond acceptors (Lipinski definition) is 4. The summed E-state index contributed by atoms with van der Waals surface area (Å²) in [4.78, 5) is 28.7. The molecule has 0 aromatic carbocycles. The summed E-state index contributed by atoms with van der Waals surface area (Å²) in [5.74, 6) is 0.247. The minimum Gasteiger partial charge on any atom is -0.275 e. The normalized spacial score (nSPS) is 20.2. The molecule has 0 aliphatic carbocycles. The van der Waals surface area contributed by atoms with E-state index in [1.807, 2.05) is 13.8 Å². The molecule has 2 heterocycles. The third-order valence-electron chi connectivity index (χ3n) is 2.63. The van der Waals surface area contributed by atoms with Crippen molar-refractivity contribution >= 4 is 11.8 Å². The SMILES string of the molecule is CC1(C)CC(=O)N(Cc2ncn[nH]2)C(=O)C1. The Bertz CT molecular complexity index is 390. The van der Waals surface area contributed by atoms with Crippen LogP contribution in [0.4, 0.5) is 0 Å². The molecule has 16 heavy (non-hydrogen) atoms. The molecule has 6 heteroatoms. The molecule has 0 radical (unpaired) electrons. The van der Waals surface area contributed by atoms with Gasteiger partial charge < -0.3 is 0 Å². The predicted octanol–water partition coefficient (Wildman–Crippen LogP) is 0.480. The molecule has 1 aliphatic rings. The van der Waals surface area contributed by atoms with Gasteiger partial charge in [0.15, 0.2) is 0 Å². The molecule has 6 nitrogen and oxygen atoms in total. The van der Waals surface area contributed by atoms with Gasteiger partial charge in [0.25, 0.3) is 0 Å². The van der Waals surface area contributed by atoms with Gasteiger partial charge in [0.05, 0.1) is 6.54 Å². The summed E-state index contributed by atoms with van der Waals surface area (Å²) in [6, 6.07) is 0. The Morgan fingerprint density at radius 1 is 1.38 bits per heavy atom. The van der Waals surface area contributed by atoms with Gasteiger partial charge >= 0.3 is 0 Å². The van der Waals surface area contributed by atoms with Crippen LogP contribution in [-0.4, -0.2) is 31.9 Å². The fourth-order valence-corrected chi connectivity index (χ4v) is 1.84. The number of imide groups is 1. The summed E-state index contributed by atoms with van der Waals surface area (Å²) in [7, 11) is 0. The highest BCUT2D eigenvalue weighted by atomic mass is 16.2. The topological polar surface area (TPSA) is 79.0 Å². The second kappa shape index (κ2) is 3.70. The van der Waals surface area contributed by atoms with E-state index in [1.165, 1.54) is 11.2 Å². The van der Waals surface area contributed by atoms with Crippen LogP contribution in [0, 0.1) is 5.41 Å². The number of nitrogens with zero attached hydrogens (tertiary/aromatic N) is 3. The maximum Gasteiger partial charge on any atom is 0.230 e. The highest BCUT2D eigenvalue weighted by Gasteiger charge is 2.37. The van der Waals surface area contributed by atoms with Crippen LogP contribution in [0.3, 0.4) is 0 Å². The quantitative estimate of drug-likeness (QED) is 0.738. The number of nitrogens with one attached hydrogen (secondary N) is 1. The molecule has 2 rings (SSSR count). The molecule has 1 N–H and O–H groups in total. The molecule has 1 aliphatic heterocycles. The zero-order valence-corrected chi connectivity index (χ0v) is 9.36. The second-order valence-electron chi connectivity index (χ2n) is 4.82. The Labute approximate surface area is 93.0 Å². The zero-order valence-electron chi connectivity index (χ0n) is 9.36. The van der Waals surface area contributed by atoms with E-state index in [0.29, 0.717) is 18.7 Å². The van der Waals surface area contributed by atoms with Crippen molar-refractivity contribution in [2.24, 2.45) is 5.41 Å². The molecular formula is C10H14N4O2. The maximum atomic E-state index is 11.8. The van der Waals surface area contributed by atoms with Gasteiger partial charge in [-0.2, -0.15) is 5.10 Å². The molecule has 0 spiro atoms. The van der Waals surface area contributed by atoms with Gasteiger partial charge in [-0.25, -0.2) is 4.98 Å². The van der Waals surface area contributed by atoms with E-state index in [2.05, 4.69) is 15.2 Å². The number of aromatic nitrogens is 3. The second-order valence-corrected chi connectivity index (χ2v) is 4.82. The van der Waals surface area contributed by atoms with Gasteiger partial charge in [0, 0.05) is 12.8 Å². The summed E-state index contributed by atoms with van der Waals surface area (Å²) >= 11 is 0. The fraction of sp³-hybridized carbons (Fsp3) is 0.600. The number of amides is 2. The van der Waals surface area contributed by atoms with Crippen molar-refractivity contribution in [2.45, 2.75) is 33.2 Å². The highest BCUT2D eigenvalue weighted by molar-refractivity contribution is 5.98. The molecule has 0 atom stereocenters. The highest BCUT2D eigenvalue weighted by Crippen LogP contribution is 2.31. The largest absolute Gasteiger partial charge is 0.275 e. The number of aromatic amines is 1. The predicted molar refractivity (Wildman–Crippen MR) is 55.0 cm³/mol. The Hall–Kier alpha value is -1.72. The first-order valence-corrected chi connectivity index (χ1v) is 5.15. The first kappa shape index (κ1) is 10.8. The number of hydrogen-bond donors (Lipinski definition) is 1. The number of carbonyl (C=O) groups excluding carboxylic acids is 2. The lowest BCUT2D eigenvalue weighted by molar-refractivity contribution is -0.153. The molecule has 2 amide bonds. The van der Waals surface area contributed by atoms with E-state index in [1.54, 1.807) is 0 Å². The number of H-pyrrole nitrogens is 1. The lowest BCUT2D eigenvalue weighted by Gasteiger charge is -2.34. The standard InChI is InChI=1S/C10H14N4O2/c1-10(2)3-8(15)14(9(16)4-10)5-7-11-6-12-13-7/h6H,3-5H2,1-2H3,(H,11,12,13). The molecule has 1 aromatic heterocycles. The van der Waals surface area contributed by atoms with Gasteiger partial charge in [-0.1, -0.05) is 13.8 Å². The molecule has 0 bridgehead atoms. The van der Waals surface area contributed by atoms with Gasteiger partial charge in [0.2, 0.25) is 11.8 Å². The summed E-state index contributed by atoms with van der Waals surface area (Å²) < 4.78 is 0. The van der Waals surface area contributed by atoms with Crippen molar-refractivity contribution in [3.05, 3.63) is 12.2 Å². The summed E-state index contributed by atoms with van der Waals surface area (Å²) in [5.41, 5.74) is -0.230. The van der Waals surface area contributed by atoms with Crippen molar-refractivity contribution in [1.29, 1.82) is 0 Å². The molecule has 86 valence electrons. The van der Waals surface area contributed by atoms with Crippen LogP contribution < -0.4 is 0 Å². The van der Waals surface area contributed by atoms with E-state index in [-0.39, 0.29) is 23.8 Å². The monoisotopic (exact) mass is 222 g/mol. The molecule has 1 aromatic rings. The van der Waals surface area contributed by atoms with Crippen LogP contribution in [0.15, 0.2) is 6.33 Å². The van der Waals surface area contributed by atoms with Gasteiger partial charge in [-0.05, 0) is 5.41 Å². The molecule has 1 fully saturated rings. The van der Waals surface area contributed by atoms with Crippen molar-refractivity contribution in [1.82, 2.24) is 20.1 Å². The van der Waals surface area contributed by atoms with Crippen molar-refractivity contribution in [2.75, 3.05) is 0 Å². The van der Waals surface area contributed by atoms with Crippen molar-refractivity contribution in [3.8, 4) is 0 Å². The average Bonchev–Trinajstić information content (AvgIpc) is 2.62. The molecule has 1 saturated heterocycles. The minimum absolute atomic E-state index is 0.141. The van der Waals surface area contributed by atoms with Gasteiger partial charge in [0.1, 0.15) is 12.2 Å². The number of carbonyl (C=O) groups is 2. The summed E-state index contributed by atoms with van der Waals surface area (Å²) in [5, 5.41) is 6.32. The number of rotatable bonds is 2. The third kappa shape index (κ3) is 2.10. The van der Waals surface area contributed by atoms with Gasteiger partial charge in [-0.3, -0.25) is 19.6 Å². The first-order valence-electron chi connectivity index (χ1n) is 5.15. The lowest BCUT2D eigenvalue weighted by atomic mass is 9.82. The van der Waals surface area contributed by atoms with E-state index < -0.39 is 0 Å². The van der Waals surface area contributed by atoms with Crippen molar-refractivity contribution in [3.63, 3.8) is 0 Å². The van der Waals surface area contributed by atoms with Gasteiger partial charge in [-0.15, -0.1) is 0 Å². The van der Waals surface area contributed by atoms with Crippen LogP contribution in [-0.2, 0) is 16.1 Å². The average molecular weight is 222 g/mol. The zero-order chi connectivity index (χ0) is 11.8. The Kier molecular flexibility index (Phi) is 2.49. The Morgan fingerprint density at radius 2 is 2.00 bits per heavy atom. The number of piperidine rings is 1. The number of likely N-dealkylation sites (tertiary alicyclic amines) is 1. The van der Waals surface area contributed by atoms with Crippen molar-refractivity contribution < 1.29 is 9.59 Å². The van der Waals surface area contributed by atoms with E-state index in [9.17, 15) is 9.59 Å². The van der Waals surface area contributed by atoms with Crippen LogP contribution in [0.25, 0.3) is 0 Å². The van der Waals surface area contributed by atoms with E-state index in [0.717, 1.165) is 0 Å².